The Morgan fingerprint density at radius 1 is 1.08 bits per heavy atom. The molecular formula is C20H23BrN2O2S. The number of thioether (sulfide) groups is 1. The number of halogens is 1. The summed E-state index contributed by atoms with van der Waals surface area (Å²) in [6, 6.07) is 15.4. The molecule has 26 heavy (non-hydrogen) atoms. The molecule has 2 aromatic rings. The molecule has 138 valence electrons. The Labute approximate surface area is 167 Å². The summed E-state index contributed by atoms with van der Waals surface area (Å²) >= 11 is 4.89. The van der Waals surface area contributed by atoms with E-state index in [0.29, 0.717) is 24.6 Å². The van der Waals surface area contributed by atoms with Gasteiger partial charge in [0.05, 0.1) is 5.75 Å². The van der Waals surface area contributed by atoms with E-state index in [0.717, 1.165) is 20.6 Å². The first-order valence-corrected chi connectivity index (χ1v) is 10.2. The van der Waals surface area contributed by atoms with Gasteiger partial charge in [-0.1, -0.05) is 41.9 Å². The van der Waals surface area contributed by atoms with E-state index in [-0.39, 0.29) is 11.8 Å². The number of rotatable bonds is 8. The van der Waals surface area contributed by atoms with Gasteiger partial charge in [0, 0.05) is 28.0 Å². The molecule has 2 rings (SSSR count). The number of anilines is 1. The quantitative estimate of drug-likeness (QED) is 0.584. The van der Waals surface area contributed by atoms with Gasteiger partial charge in [-0.15, -0.1) is 11.8 Å². The van der Waals surface area contributed by atoms with E-state index in [1.165, 1.54) is 11.8 Å². The van der Waals surface area contributed by atoms with Gasteiger partial charge in [-0.25, -0.2) is 0 Å². The summed E-state index contributed by atoms with van der Waals surface area (Å²) in [4.78, 5) is 24.9. The van der Waals surface area contributed by atoms with Crippen molar-refractivity contribution < 1.29 is 9.59 Å². The van der Waals surface area contributed by atoms with Gasteiger partial charge in [-0.05, 0) is 47.9 Å². The molecule has 0 unspecified atom stereocenters. The van der Waals surface area contributed by atoms with E-state index in [1.54, 1.807) is 0 Å². The Hall–Kier alpha value is -1.79. The molecule has 6 heteroatoms. The van der Waals surface area contributed by atoms with Crippen LogP contribution in [-0.2, 0) is 16.1 Å². The van der Waals surface area contributed by atoms with Crippen LogP contribution in [0.5, 0.6) is 0 Å². The lowest BCUT2D eigenvalue weighted by Gasteiger charge is -2.10. The lowest BCUT2D eigenvalue weighted by molar-refractivity contribution is -0.119. The summed E-state index contributed by atoms with van der Waals surface area (Å²) in [6.45, 7) is 4.46. The van der Waals surface area contributed by atoms with Gasteiger partial charge in [-0.3, -0.25) is 9.59 Å². The number of amides is 2. The third-order valence-corrected chi connectivity index (χ3v) is 5.02. The van der Waals surface area contributed by atoms with E-state index in [1.807, 2.05) is 62.4 Å². The van der Waals surface area contributed by atoms with Crippen molar-refractivity contribution in [1.82, 2.24) is 5.32 Å². The lowest BCUT2D eigenvalue weighted by atomic mass is 10.1. The molecule has 0 saturated carbocycles. The number of nitrogens with one attached hydrogen (secondary N) is 2. The van der Waals surface area contributed by atoms with E-state index in [4.69, 9.17) is 0 Å². The predicted octanol–water partition coefficient (Wildman–Crippen LogP) is 4.84. The number of hydrogen-bond acceptors (Lipinski definition) is 3. The van der Waals surface area contributed by atoms with E-state index >= 15 is 0 Å². The molecule has 0 fully saturated rings. The van der Waals surface area contributed by atoms with Gasteiger partial charge in [0.1, 0.15) is 0 Å². The van der Waals surface area contributed by atoms with Crippen molar-refractivity contribution in [3.63, 3.8) is 0 Å². The van der Waals surface area contributed by atoms with Crippen molar-refractivity contribution in [2.75, 3.05) is 11.1 Å². The minimum absolute atomic E-state index is 0.00656. The van der Waals surface area contributed by atoms with Crippen molar-refractivity contribution in [1.29, 1.82) is 0 Å². The predicted molar refractivity (Wildman–Crippen MR) is 111 cm³/mol. The third kappa shape index (κ3) is 7.62. The number of hydrogen-bond donors (Lipinski definition) is 2. The molecule has 2 N–H and O–H groups in total. The Morgan fingerprint density at radius 2 is 1.81 bits per heavy atom. The minimum atomic E-state index is -0.0211. The Kier molecular flexibility index (Phi) is 8.19. The molecule has 0 aliphatic carbocycles. The molecule has 0 aromatic heterocycles. The van der Waals surface area contributed by atoms with E-state index < -0.39 is 0 Å². The molecule has 4 nitrogen and oxygen atoms in total. The normalized spacial score (nSPS) is 10.6. The Balaban J connectivity index is 1.79. The molecule has 0 atom stereocenters. The summed E-state index contributed by atoms with van der Waals surface area (Å²) in [7, 11) is 0. The maximum atomic E-state index is 12.0. The number of benzene rings is 2. The van der Waals surface area contributed by atoms with Gasteiger partial charge in [-0.2, -0.15) is 0 Å². The van der Waals surface area contributed by atoms with Crippen LogP contribution in [0, 0.1) is 5.92 Å². The minimum Gasteiger partial charge on any atom is -0.351 e. The highest BCUT2D eigenvalue weighted by molar-refractivity contribution is 9.10. The Bertz CT molecular complexity index is 748. The lowest BCUT2D eigenvalue weighted by Crippen LogP contribution is -2.24. The molecule has 0 saturated heterocycles. The summed E-state index contributed by atoms with van der Waals surface area (Å²) in [5.74, 6) is 0.673. The van der Waals surface area contributed by atoms with Crippen LogP contribution >= 0.6 is 27.7 Å². The highest BCUT2D eigenvalue weighted by atomic mass is 79.9. The van der Waals surface area contributed by atoms with Crippen molar-refractivity contribution in [2.24, 2.45) is 5.92 Å². The number of carbonyl (C=O) groups excluding carboxylic acids is 2. The molecule has 0 spiro atoms. The second-order valence-electron chi connectivity index (χ2n) is 6.37. The maximum absolute atomic E-state index is 12.0. The van der Waals surface area contributed by atoms with Crippen LogP contribution in [0.25, 0.3) is 0 Å². The Morgan fingerprint density at radius 3 is 2.50 bits per heavy atom. The maximum Gasteiger partial charge on any atom is 0.230 e. The van der Waals surface area contributed by atoms with Gasteiger partial charge in [0.15, 0.2) is 0 Å². The van der Waals surface area contributed by atoms with Crippen LogP contribution in [0.4, 0.5) is 5.69 Å². The molecule has 2 aromatic carbocycles. The fourth-order valence-corrected chi connectivity index (χ4v) is 3.27. The van der Waals surface area contributed by atoms with Crippen molar-refractivity contribution >= 4 is 45.2 Å². The summed E-state index contributed by atoms with van der Waals surface area (Å²) < 4.78 is 1.02. The first kappa shape index (κ1) is 20.5. The van der Waals surface area contributed by atoms with Gasteiger partial charge >= 0.3 is 0 Å². The molecule has 0 bridgehead atoms. The van der Waals surface area contributed by atoms with Crippen LogP contribution in [0.3, 0.4) is 0 Å². The molecule has 0 radical (unpaired) electrons. The van der Waals surface area contributed by atoms with Crippen molar-refractivity contribution in [3.05, 3.63) is 58.6 Å². The second-order valence-corrected chi connectivity index (χ2v) is 8.33. The van der Waals surface area contributed by atoms with E-state index in [9.17, 15) is 9.59 Å². The highest BCUT2D eigenvalue weighted by Gasteiger charge is 2.07. The van der Waals surface area contributed by atoms with Crippen LogP contribution in [0.2, 0.25) is 0 Å². The summed E-state index contributed by atoms with van der Waals surface area (Å²) in [5.41, 5.74) is 1.71. The largest absolute Gasteiger partial charge is 0.351 e. The topological polar surface area (TPSA) is 58.2 Å². The smallest absolute Gasteiger partial charge is 0.230 e. The summed E-state index contributed by atoms with van der Waals surface area (Å²) in [6.07, 6.45) is 0.494. The second kappa shape index (κ2) is 10.4. The van der Waals surface area contributed by atoms with Crippen molar-refractivity contribution in [2.45, 2.75) is 31.7 Å². The zero-order valence-electron chi connectivity index (χ0n) is 14.9. The molecule has 0 heterocycles. The summed E-state index contributed by atoms with van der Waals surface area (Å²) in [5, 5.41) is 5.80. The van der Waals surface area contributed by atoms with Crippen LogP contribution in [0.1, 0.15) is 25.8 Å². The molecule has 2 amide bonds. The van der Waals surface area contributed by atoms with Crippen molar-refractivity contribution in [3.8, 4) is 0 Å². The van der Waals surface area contributed by atoms with Gasteiger partial charge < -0.3 is 10.6 Å². The third-order valence-electron chi connectivity index (χ3n) is 3.48. The van der Waals surface area contributed by atoms with Crippen LogP contribution in [-0.4, -0.2) is 17.6 Å². The van der Waals surface area contributed by atoms with Crippen LogP contribution in [0.15, 0.2) is 57.9 Å². The van der Waals surface area contributed by atoms with Gasteiger partial charge in [0.2, 0.25) is 11.8 Å². The van der Waals surface area contributed by atoms with Gasteiger partial charge in [0.25, 0.3) is 0 Å². The molecule has 0 aliphatic heterocycles. The fraction of sp³-hybridized carbons (Fsp3) is 0.300. The first-order valence-electron chi connectivity index (χ1n) is 8.46. The molecular weight excluding hydrogens is 412 g/mol. The first-order chi connectivity index (χ1) is 12.4. The molecule has 0 aliphatic rings. The average Bonchev–Trinajstić information content (AvgIpc) is 2.59. The zero-order valence-corrected chi connectivity index (χ0v) is 17.3. The van der Waals surface area contributed by atoms with Crippen LogP contribution < -0.4 is 10.6 Å². The fourth-order valence-electron chi connectivity index (χ4n) is 2.27. The number of carbonyl (C=O) groups is 2. The monoisotopic (exact) mass is 434 g/mol. The average molecular weight is 435 g/mol. The standard InChI is InChI=1S/C20H23BrN2O2S/c1-14(2)10-19(24)23-17-5-3-4-15(11-17)12-22-20(25)13-26-18-8-6-16(21)7-9-18/h3-9,11,14H,10,12-13H2,1-2H3,(H,22,25)(H,23,24). The van der Waals surface area contributed by atoms with E-state index in [2.05, 4.69) is 26.6 Å². The zero-order chi connectivity index (χ0) is 18.9. The highest BCUT2D eigenvalue weighted by Crippen LogP contribution is 2.20. The SMILES string of the molecule is CC(C)CC(=O)Nc1cccc(CNC(=O)CSc2ccc(Br)cc2)c1.